The van der Waals surface area contributed by atoms with Gasteiger partial charge in [-0.25, -0.2) is 0 Å². The first-order chi connectivity index (χ1) is 18.5. The highest BCUT2D eigenvalue weighted by Gasteiger charge is 2.55. The molecule has 2 amide bonds. The van der Waals surface area contributed by atoms with Crippen molar-refractivity contribution in [1.29, 1.82) is 0 Å². The van der Waals surface area contributed by atoms with Crippen molar-refractivity contribution in [3.05, 3.63) is 83.2 Å². The van der Waals surface area contributed by atoms with Gasteiger partial charge in [0.05, 0.1) is 36.8 Å². The smallest absolute Gasteiger partial charge is 0.233 e. The van der Waals surface area contributed by atoms with E-state index in [9.17, 15) is 19.8 Å². The molecular formula is C31H30N2O5. The summed E-state index contributed by atoms with van der Waals surface area (Å²) in [7, 11) is 1.55. The molecule has 0 saturated carbocycles. The summed E-state index contributed by atoms with van der Waals surface area (Å²) in [5.74, 6) is -1.04. The lowest BCUT2D eigenvalue weighted by atomic mass is 9.69. The number of aromatic nitrogens is 1. The van der Waals surface area contributed by atoms with Crippen LogP contribution < -0.4 is 0 Å². The molecule has 3 aromatic rings. The number of likely N-dealkylation sites (tertiary alicyclic amines) is 1. The molecule has 2 aliphatic heterocycles. The second-order valence-electron chi connectivity index (χ2n) is 10.4. The number of carbonyl (C=O) groups is 2. The highest BCUT2D eigenvalue weighted by Crippen LogP contribution is 2.49. The van der Waals surface area contributed by atoms with E-state index >= 15 is 0 Å². The molecule has 1 aliphatic carbocycles. The first kappa shape index (κ1) is 24.5. The van der Waals surface area contributed by atoms with Crippen LogP contribution in [0.3, 0.4) is 0 Å². The predicted molar refractivity (Wildman–Crippen MR) is 144 cm³/mol. The Labute approximate surface area is 221 Å². The molecule has 7 heteroatoms. The average Bonchev–Trinajstić information content (AvgIpc) is 3.47. The number of phenols is 1. The molecule has 0 unspecified atom stereocenters. The summed E-state index contributed by atoms with van der Waals surface area (Å²) in [6, 6.07) is 17.2. The zero-order valence-corrected chi connectivity index (χ0v) is 21.2. The molecule has 6 rings (SSSR count). The summed E-state index contributed by atoms with van der Waals surface area (Å²) in [5.41, 5.74) is 4.71. The standard InChI is InChI=1S/C31H30N2O5/c1-33-30(36)23-15-20(16-34)28-24(29(23)31(33)37)17-38-27(28)12-10-19(25-8-4-5-13-32-25)14-18-9-11-26(35)22-7-3-2-6-21(18)22/h2-9,11,13-14,23-24,27,29,34-35H,10,12,15-17H2,1H3/b19-14-/t23-,24+,27-,29-/m1/s1. The third-order valence-electron chi connectivity index (χ3n) is 8.35. The molecule has 2 saturated heterocycles. The minimum absolute atomic E-state index is 0.136. The maximum Gasteiger partial charge on any atom is 0.233 e. The van der Waals surface area contributed by atoms with E-state index in [-0.39, 0.29) is 36.2 Å². The van der Waals surface area contributed by atoms with Gasteiger partial charge in [-0.15, -0.1) is 0 Å². The number of aliphatic hydroxyl groups excluding tert-OH is 1. The molecule has 0 bridgehead atoms. The average molecular weight is 511 g/mol. The van der Waals surface area contributed by atoms with Gasteiger partial charge in [0.2, 0.25) is 11.8 Å². The number of allylic oxidation sites excluding steroid dienone is 1. The monoisotopic (exact) mass is 510 g/mol. The molecule has 3 heterocycles. The van der Waals surface area contributed by atoms with Gasteiger partial charge >= 0.3 is 0 Å². The van der Waals surface area contributed by atoms with E-state index in [1.54, 1.807) is 19.3 Å². The van der Waals surface area contributed by atoms with Crippen molar-refractivity contribution >= 4 is 34.2 Å². The molecule has 2 N–H and O–H groups in total. The van der Waals surface area contributed by atoms with Gasteiger partial charge < -0.3 is 14.9 Å². The van der Waals surface area contributed by atoms with Crippen molar-refractivity contribution in [3.63, 3.8) is 0 Å². The van der Waals surface area contributed by atoms with E-state index in [1.165, 1.54) is 4.90 Å². The molecule has 3 aliphatic rings. The van der Waals surface area contributed by atoms with Crippen LogP contribution in [0.2, 0.25) is 0 Å². The third-order valence-corrected chi connectivity index (χ3v) is 8.35. The zero-order chi connectivity index (χ0) is 26.4. The molecule has 0 radical (unpaired) electrons. The van der Waals surface area contributed by atoms with Crippen molar-refractivity contribution in [2.45, 2.75) is 25.4 Å². The normalized spacial score (nSPS) is 25.3. The third kappa shape index (κ3) is 4.03. The lowest BCUT2D eigenvalue weighted by molar-refractivity contribution is -0.138. The van der Waals surface area contributed by atoms with Crippen LogP contribution in [0.4, 0.5) is 0 Å². The lowest BCUT2D eigenvalue weighted by Crippen LogP contribution is -2.34. The number of hydrogen-bond acceptors (Lipinski definition) is 6. The first-order valence-corrected chi connectivity index (χ1v) is 13.1. The molecule has 7 nitrogen and oxygen atoms in total. The molecule has 1 aromatic heterocycles. The topological polar surface area (TPSA) is 100.0 Å². The molecule has 2 aromatic carbocycles. The number of amides is 2. The van der Waals surface area contributed by atoms with Gasteiger partial charge in [-0.3, -0.25) is 19.5 Å². The van der Waals surface area contributed by atoms with Crippen molar-refractivity contribution in [1.82, 2.24) is 9.88 Å². The second kappa shape index (κ2) is 9.82. The summed E-state index contributed by atoms with van der Waals surface area (Å²) in [5, 5.41) is 22.3. The Morgan fingerprint density at radius 2 is 1.84 bits per heavy atom. The fourth-order valence-corrected chi connectivity index (χ4v) is 6.51. The number of carbonyl (C=O) groups excluding carboxylic acids is 2. The van der Waals surface area contributed by atoms with Crippen LogP contribution in [0.1, 0.15) is 30.5 Å². The summed E-state index contributed by atoms with van der Waals surface area (Å²) in [6.45, 7) is 0.241. The van der Waals surface area contributed by atoms with Crippen LogP contribution in [0.15, 0.2) is 71.9 Å². The van der Waals surface area contributed by atoms with Gasteiger partial charge in [-0.2, -0.15) is 0 Å². The maximum absolute atomic E-state index is 12.9. The molecule has 4 atom stereocenters. The fourth-order valence-electron chi connectivity index (χ4n) is 6.51. The van der Waals surface area contributed by atoms with Crippen molar-refractivity contribution in [2.24, 2.45) is 17.8 Å². The summed E-state index contributed by atoms with van der Waals surface area (Å²) >= 11 is 0. The molecule has 0 spiro atoms. The maximum atomic E-state index is 12.9. The van der Waals surface area contributed by atoms with Crippen LogP contribution >= 0.6 is 0 Å². The van der Waals surface area contributed by atoms with Crippen LogP contribution in [0.5, 0.6) is 5.75 Å². The van der Waals surface area contributed by atoms with Crippen molar-refractivity contribution in [2.75, 3.05) is 20.3 Å². The Morgan fingerprint density at radius 3 is 2.61 bits per heavy atom. The number of ether oxygens (including phenoxy) is 1. The first-order valence-electron chi connectivity index (χ1n) is 13.1. The van der Waals surface area contributed by atoms with Crippen LogP contribution in [0, 0.1) is 17.8 Å². The quantitative estimate of drug-likeness (QED) is 0.381. The fraction of sp³-hybridized carbons (Fsp3) is 0.323. The Morgan fingerprint density at radius 1 is 1.05 bits per heavy atom. The number of aliphatic hydroxyl groups is 1. The van der Waals surface area contributed by atoms with Gasteiger partial charge in [0.25, 0.3) is 0 Å². The lowest BCUT2D eigenvalue weighted by Gasteiger charge is -2.31. The number of nitrogens with zero attached hydrogens (tertiary/aromatic N) is 2. The van der Waals surface area contributed by atoms with Gasteiger partial charge in [-0.1, -0.05) is 36.4 Å². The van der Waals surface area contributed by atoms with E-state index in [0.717, 1.165) is 38.7 Å². The number of imide groups is 1. The summed E-state index contributed by atoms with van der Waals surface area (Å²) < 4.78 is 6.25. The van der Waals surface area contributed by atoms with E-state index in [0.29, 0.717) is 25.9 Å². The van der Waals surface area contributed by atoms with Gasteiger partial charge in [0, 0.05) is 24.5 Å². The predicted octanol–water partition coefficient (Wildman–Crippen LogP) is 4.20. The minimum atomic E-state index is -0.406. The molecule has 38 heavy (non-hydrogen) atoms. The van der Waals surface area contributed by atoms with E-state index < -0.39 is 11.8 Å². The van der Waals surface area contributed by atoms with Gasteiger partial charge in [0.1, 0.15) is 5.75 Å². The Bertz CT molecular complexity index is 1480. The van der Waals surface area contributed by atoms with E-state index in [2.05, 4.69) is 11.1 Å². The largest absolute Gasteiger partial charge is 0.507 e. The van der Waals surface area contributed by atoms with Gasteiger partial charge in [-0.05, 0) is 71.2 Å². The number of benzene rings is 2. The number of pyridine rings is 1. The van der Waals surface area contributed by atoms with Gasteiger partial charge in [0.15, 0.2) is 0 Å². The Hall–Kier alpha value is -3.81. The SMILES string of the molecule is CN1C(=O)[C@@H]2[C@@H](CC(CO)=C3[C@@H](CC/C(=C/c4ccc(O)c5ccccc45)c4ccccn4)OC[C@@H]32)C1=O. The van der Waals surface area contributed by atoms with Crippen LogP contribution in [0.25, 0.3) is 22.4 Å². The molecule has 2 fully saturated rings. The van der Waals surface area contributed by atoms with Crippen LogP contribution in [-0.4, -0.2) is 58.3 Å². The second-order valence-corrected chi connectivity index (χ2v) is 10.4. The highest BCUT2D eigenvalue weighted by atomic mass is 16.5. The minimum Gasteiger partial charge on any atom is -0.507 e. The summed E-state index contributed by atoms with van der Waals surface area (Å²) in [6.07, 6.45) is 5.37. The zero-order valence-electron chi connectivity index (χ0n) is 21.2. The molecular weight excluding hydrogens is 480 g/mol. The number of phenolic OH excluding ortho intramolecular Hbond substituents is 1. The van der Waals surface area contributed by atoms with Crippen molar-refractivity contribution < 1.29 is 24.5 Å². The van der Waals surface area contributed by atoms with Crippen molar-refractivity contribution in [3.8, 4) is 5.75 Å². The number of hydrogen-bond donors (Lipinski definition) is 2. The summed E-state index contributed by atoms with van der Waals surface area (Å²) in [4.78, 5) is 31.4. The van der Waals surface area contributed by atoms with Crippen LogP contribution in [-0.2, 0) is 14.3 Å². The molecule has 194 valence electrons. The Kier molecular flexibility index (Phi) is 6.33. The highest BCUT2D eigenvalue weighted by molar-refractivity contribution is 6.05. The number of rotatable bonds is 6. The van der Waals surface area contributed by atoms with E-state index in [4.69, 9.17) is 4.74 Å². The van der Waals surface area contributed by atoms with E-state index in [1.807, 2.05) is 48.5 Å². The number of aromatic hydroxyl groups is 1. The number of fused-ring (bicyclic) bond motifs is 4. The Balaban J connectivity index is 1.33.